The lowest BCUT2D eigenvalue weighted by atomic mass is 9.86. The second-order valence-electron chi connectivity index (χ2n) is 8.38. The van der Waals surface area contributed by atoms with Crippen molar-refractivity contribution in [2.45, 2.75) is 57.1 Å². The van der Waals surface area contributed by atoms with E-state index in [-0.39, 0.29) is 18.2 Å². The summed E-state index contributed by atoms with van der Waals surface area (Å²) in [7, 11) is -1.19. The van der Waals surface area contributed by atoms with Gasteiger partial charge < -0.3 is 10.0 Å². The van der Waals surface area contributed by atoms with Gasteiger partial charge in [0.25, 0.3) is 0 Å². The third kappa shape index (κ3) is 4.09. The molecule has 28 heavy (non-hydrogen) atoms. The van der Waals surface area contributed by atoms with Crippen molar-refractivity contribution in [3.63, 3.8) is 0 Å². The Bertz CT molecular complexity index is 834. The van der Waals surface area contributed by atoms with Crippen LogP contribution in [0.4, 0.5) is 5.82 Å². The van der Waals surface area contributed by atoms with E-state index in [1.807, 2.05) is 0 Å². The van der Waals surface area contributed by atoms with Gasteiger partial charge in [-0.1, -0.05) is 12.2 Å². The number of aliphatic hydroxyl groups excluding tert-OH is 1. The van der Waals surface area contributed by atoms with E-state index in [9.17, 15) is 13.5 Å². The van der Waals surface area contributed by atoms with Gasteiger partial charge >= 0.3 is 0 Å². The minimum atomic E-state index is -3.28. The van der Waals surface area contributed by atoms with E-state index in [0.717, 1.165) is 55.6 Å². The highest BCUT2D eigenvalue weighted by Gasteiger charge is 2.33. The minimum absolute atomic E-state index is 0.199. The lowest BCUT2D eigenvalue weighted by Crippen LogP contribution is -2.45. The van der Waals surface area contributed by atoms with E-state index in [4.69, 9.17) is 0 Å². The van der Waals surface area contributed by atoms with Gasteiger partial charge in [-0.3, -0.25) is 0 Å². The number of fused-ring (bicyclic) bond motifs is 1. The zero-order chi connectivity index (χ0) is 19.7. The molecule has 2 heterocycles. The number of piperidine rings is 1. The molecule has 2 fully saturated rings. The van der Waals surface area contributed by atoms with Crippen molar-refractivity contribution >= 4 is 21.9 Å². The maximum absolute atomic E-state index is 12.7. The average molecular weight is 407 g/mol. The molecule has 0 unspecified atom stereocenters. The summed E-state index contributed by atoms with van der Waals surface area (Å²) in [6.45, 7) is 0.802. The standard InChI is InChI=1S/C20H30N4O3S/c1-23(20-18-5-2-6-19(18)21-14-22-20)16-9-7-15(8-10-16)13-28(26,27)24-11-3-4-17(25)12-24/h2,5,14-17,25H,3-4,6-13H2,1H3/t15?,16?,17-/m1/s1. The van der Waals surface area contributed by atoms with Crippen molar-refractivity contribution in [1.82, 2.24) is 14.3 Å². The molecule has 1 saturated heterocycles. The third-order valence-corrected chi connectivity index (χ3v) is 8.45. The number of hydrogen-bond acceptors (Lipinski definition) is 6. The number of rotatable bonds is 5. The highest BCUT2D eigenvalue weighted by molar-refractivity contribution is 7.89. The van der Waals surface area contributed by atoms with Gasteiger partial charge in [0.1, 0.15) is 12.1 Å². The molecule has 1 aliphatic heterocycles. The van der Waals surface area contributed by atoms with E-state index in [1.54, 1.807) is 6.33 Å². The SMILES string of the molecule is CN(c1ncnc2c1C=CC2)C1CCC(CS(=O)(=O)N2CCC[C@@H](O)C2)CC1. The van der Waals surface area contributed by atoms with E-state index in [0.29, 0.717) is 19.0 Å². The summed E-state index contributed by atoms with van der Waals surface area (Å²) in [5.41, 5.74) is 2.21. The average Bonchev–Trinajstić information content (AvgIpc) is 3.17. The van der Waals surface area contributed by atoms with E-state index in [2.05, 4.69) is 34.1 Å². The molecule has 0 bridgehead atoms. The lowest BCUT2D eigenvalue weighted by molar-refractivity contribution is 0.107. The Morgan fingerprint density at radius 2 is 2.00 bits per heavy atom. The summed E-state index contributed by atoms with van der Waals surface area (Å²) < 4.78 is 27.0. The molecule has 7 nitrogen and oxygen atoms in total. The molecule has 1 saturated carbocycles. The van der Waals surface area contributed by atoms with Gasteiger partial charge in [-0.05, 0) is 44.4 Å². The molecule has 1 N–H and O–H groups in total. The van der Waals surface area contributed by atoms with Crippen LogP contribution in [0.1, 0.15) is 49.8 Å². The summed E-state index contributed by atoms with van der Waals surface area (Å²) in [5, 5.41) is 9.79. The van der Waals surface area contributed by atoms with Crippen molar-refractivity contribution in [3.8, 4) is 0 Å². The number of hydrogen-bond donors (Lipinski definition) is 1. The Kier molecular flexibility index (Phi) is 5.71. The van der Waals surface area contributed by atoms with Gasteiger partial charge in [-0.25, -0.2) is 18.4 Å². The van der Waals surface area contributed by atoms with E-state index < -0.39 is 16.1 Å². The van der Waals surface area contributed by atoms with Crippen LogP contribution in [0.3, 0.4) is 0 Å². The second-order valence-corrected chi connectivity index (χ2v) is 10.4. The van der Waals surface area contributed by atoms with Crippen molar-refractivity contribution < 1.29 is 13.5 Å². The molecule has 0 aromatic carbocycles. The molecule has 0 spiro atoms. The maximum Gasteiger partial charge on any atom is 0.214 e. The predicted molar refractivity (Wildman–Crippen MR) is 110 cm³/mol. The Balaban J connectivity index is 1.35. The number of allylic oxidation sites excluding steroid dienone is 1. The zero-order valence-electron chi connectivity index (χ0n) is 16.5. The summed E-state index contributed by atoms with van der Waals surface area (Å²) in [6, 6.07) is 0.378. The van der Waals surface area contributed by atoms with Crippen LogP contribution < -0.4 is 4.90 Å². The highest BCUT2D eigenvalue weighted by Crippen LogP contribution is 2.33. The Morgan fingerprint density at radius 1 is 1.21 bits per heavy atom. The predicted octanol–water partition coefficient (Wildman–Crippen LogP) is 1.83. The largest absolute Gasteiger partial charge is 0.392 e. The van der Waals surface area contributed by atoms with Crippen molar-refractivity contribution in [3.05, 3.63) is 23.7 Å². The van der Waals surface area contributed by atoms with Gasteiger partial charge in [-0.2, -0.15) is 4.31 Å². The Hall–Kier alpha value is -1.51. The van der Waals surface area contributed by atoms with Crippen molar-refractivity contribution in [1.29, 1.82) is 0 Å². The zero-order valence-corrected chi connectivity index (χ0v) is 17.3. The van der Waals surface area contributed by atoms with Gasteiger partial charge in [0.15, 0.2) is 0 Å². The molecule has 1 aromatic heterocycles. The number of sulfonamides is 1. The topological polar surface area (TPSA) is 86.6 Å². The highest BCUT2D eigenvalue weighted by atomic mass is 32.2. The second kappa shape index (κ2) is 8.08. The number of aliphatic hydroxyl groups is 1. The van der Waals surface area contributed by atoms with Crippen LogP contribution in [0.5, 0.6) is 0 Å². The normalized spacial score (nSPS) is 28.3. The monoisotopic (exact) mass is 406 g/mol. The molecule has 0 amide bonds. The maximum atomic E-state index is 12.7. The van der Waals surface area contributed by atoms with E-state index in [1.165, 1.54) is 4.31 Å². The first-order valence-corrected chi connectivity index (χ1v) is 11.9. The molecule has 4 rings (SSSR count). The Morgan fingerprint density at radius 3 is 2.75 bits per heavy atom. The smallest absolute Gasteiger partial charge is 0.214 e. The summed E-state index contributed by atoms with van der Waals surface area (Å²) in [6.07, 6.45) is 11.4. The fraction of sp³-hybridized carbons (Fsp3) is 0.700. The summed E-state index contributed by atoms with van der Waals surface area (Å²) >= 11 is 0. The van der Waals surface area contributed by atoms with Crippen LogP contribution >= 0.6 is 0 Å². The van der Waals surface area contributed by atoms with Gasteiger partial charge in [0.05, 0.1) is 17.6 Å². The van der Waals surface area contributed by atoms with Gasteiger partial charge in [-0.15, -0.1) is 0 Å². The molecular formula is C20H30N4O3S. The van der Waals surface area contributed by atoms with Gasteiger partial charge in [0, 0.05) is 38.2 Å². The minimum Gasteiger partial charge on any atom is -0.392 e. The fourth-order valence-corrected chi connectivity index (χ4v) is 6.72. The molecule has 2 aliphatic carbocycles. The van der Waals surface area contributed by atoms with Gasteiger partial charge in [0.2, 0.25) is 10.0 Å². The van der Waals surface area contributed by atoms with Crippen molar-refractivity contribution in [2.24, 2.45) is 5.92 Å². The molecule has 1 aromatic rings. The fourth-order valence-electron chi connectivity index (χ4n) is 4.77. The molecule has 154 valence electrons. The third-order valence-electron chi connectivity index (χ3n) is 6.44. The van der Waals surface area contributed by atoms with Crippen LogP contribution in [0.15, 0.2) is 12.4 Å². The quantitative estimate of drug-likeness (QED) is 0.803. The van der Waals surface area contributed by atoms with Crippen LogP contribution in [0.25, 0.3) is 6.08 Å². The molecule has 3 aliphatic rings. The first-order valence-electron chi connectivity index (χ1n) is 10.3. The number of β-amino-alcohol motifs (C(OH)–C–C–N with tert-alkyl or cyclic N) is 1. The van der Waals surface area contributed by atoms with Crippen LogP contribution in [0, 0.1) is 5.92 Å². The molecule has 1 atom stereocenters. The van der Waals surface area contributed by atoms with Crippen LogP contribution in [-0.2, 0) is 16.4 Å². The molecule has 0 radical (unpaired) electrons. The molecule has 8 heteroatoms. The number of nitrogens with zero attached hydrogens (tertiary/aromatic N) is 4. The first-order chi connectivity index (χ1) is 13.4. The molecular weight excluding hydrogens is 376 g/mol. The summed E-state index contributed by atoms with van der Waals surface area (Å²) in [5.74, 6) is 1.39. The Labute approximate surface area is 167 Å². The number of aromatic nitrogens is 2. The van der Waals surface area contributed by atoms with Crippen LogP contribution in [0.2, 0.25) is 0 Å². The van der Waals surface area contributed by atoms with E-state index >= 15 is 0 Å². The first kappa shape index (κ1) is 19.8. The summed E-state index contributed by atoms with van der Waals surface area (Å²) in [4.78, 5) is 11.1. The number of anilines is 1. The van der Waals surface area contributed by atoms with Crippen molar-refractivity contribution in [2.75, 3.05) is 30.8 Å². The lowest BCUT2D eigenvalue weighted by Gasteiger charge is -2.37. The van der Waals surface area contributed by atoms with Crippen LogP contribution in [-0.4, -0.2) is 65.8 Å².